The van der Waals surface area contributed by atoms with Crippen molar-refractivity contribution < 1.29 is 9.59 Å². The molecule has 0 spiro atoms. The molecule has 0 aliphatic rings. The first-order chi connectivity index (χ1) is 15.5. The normalized spacial score (nSPS) is 11.1. The lowest BCUT2D eigenvalue weighted by Crippen LogP contribution is -2.33. The Morgan fingerprint density at radius 2 is 2.03 bits per heavy atom. The molecule has 4 rings (SSSR count). The molecule has 2 amide bonds. The van der Waals surface area contributed by atoms with Gasteiger partial charge in [0.1, 0.15) is 11.4 Å². The molecule has 3 aromatic heterocycles. The lowest BCUT2D eigenvalue weighted by Gasteiger charge is -2.11. The van der Waals surface area contributed by atoms with E-state index < -0.39 is 11.8 Å². The number of carbonyl (C=O) groups excluding carboxylic acids is 2. The zero-order valence-electron chi connectivity index (χ0n) is 17.8. The van der Waals surface area contributed by atoms with E-state index in [1.54, 1.807) is 0 Å². The molecular weight excluding hydrogens is 408 g/mol. The van der Waals surface area contributed by atoms with Crippen LogP contribution in [0.4, 0.5) is 0 Å². The molecule has 0 radical (unpaired) electrons. The summed E-state index contributed by atoms with van der Waals surface area (Å²) >= 11 is 0. The van der Waals surface area contributed by atoms with Gasteiger partial charge < -0.3 is 21.4 Å². The predicted molar refractivity (Wildman–Crippen MR) is 121 cm³/mol. The van der Waals surface area contributed by atoms with Crippen molar-refractivity contribution in [2.75, 3.05) is 13.1 Å². The minimum atomic E-state index is -0.622. The summed E-state index contributed by atoms with van der Waals surface area (Å²) in [5.41, 5.74) is 11.1. The Morgan fingerprint density at radius 3 is 2.81 bits per heavy atom. The predicted octanol–water partition coefficient (Wildman–Crippen LogP) is 1.65. The summed E-state index contributed by atoms with van der Waals surface area (Å²) in [6.45, 7) is 5.56. The van der Waals surface area contributed by atoms with Crippen molar-refractivity contribution in [2.45, 2.75) is 20.4 Å². The van der Waals surface area contributed by atoms with Gasteiger partial charge in [0.15, 0.2) is 5.82 Å². The summed E-state index contributed by atoms with van der Waals surface area (Å²) in [4.78, 5) is 34.7. The number of hydrogen-bond donors (Lipinski definition) is 5. The quantitative estimate of drug-likeness (QED) is 0.285. The van der Waals surface area contributed by atoms with E-state index in [1.165, 1.54) is 6.20 Å². The summed E-state index contributed by atoms with van der Waals surface area (Å²) in [6.07, 6.45) is 5.14. The zero-order chi connectivity index (χ0) is 22.7. The van der Waals surface area contributed by atoms with Gasteiger partial charge in [-0.3, -0.25) is 19.7 Å². The van der Waals surface area contributed by atoms with Gasteiger partial charge in [0.05, 0.1) is 18.3 Å². The van der Waals surface area contributed by atoms with Crippen LogP contribution in [0, 0.1) is 6.92 Å². The number of rotatable bonds is 8. The van der Waals surface area contributed by atoms with Crippen LogP contribution in [0.15, 0.2) is 36.8 Å². The third-order valence-corrected chi connectivity index (χ3v) is 5.23. The number of nitrogens with two attached hydrogens (primary N) is 1. The number of fused-ring (bicyclic) bond motifs is 1. The molecule has 164 valence electrons. The van der Waals surface area contributed by atoms with E-state index in [2.05, 4.69) is 49.6 Å². The van der Waals surface area contributed by atoms with Gasteiger partial charge >= 0.3 is 0 Å². The van der Waals surface area contributed by atoms with E-state index in [-0.39, 0.29) is 12.2 Å². The van der Waals surface area contributed by atoms with Crippen molar-refractivity contribution in [3.8, 4) is 22.6 Å². The highest BCUT2D eigenvalue weighted by atomic mass is 16.2. The van der Waals surface area contributed by atoms with E-state index in [1.807, 2.05) is 30.6 Å². The van der Waals surface area contributed by atoms with E-state index in [4.69, 9.17) is 5.73 Å². The Kier molecular flexibility index (Phi) is 5.95. The van der Waals surface area contributed by atoms with Gasteiger partial charge in [-0.1, -0.05) is 13.0 Å². The molecule has 6 N–H and O–H groups in total. The molecule has 0 bridgehead atoms. The molecule has 0 saturated carbocycles. The van der Waals surface area contributed by atoms with Gasteiger partial charge in [0.25, 0.3) is 5.91 Å². The number of imidazole rings is 1. The first-order valence-electron chi connectivity index (χ1n) is 10.2. The molecule has 0 aliphatic carbocycles. The summed E-state index contributed by atoms with van der Waals surface area (Å²) in [5.74, 6) is -0.654. The second kappa shape index (κ2) is 8.98. The minimum absolute atomic E-state index is 0.213. The lowest BCUT2D eigenvalue weighted by molar-refractivity contribution is -0.117. The minimum Gasteiger partial charge on any atom is -0.368 e. The van der Waals surface area contributed by atoms with Crippen molar-refractivity contribution >= 4 is 22.7 Å². The average Bonchev–Trinajstić information content (AvgIpc) is 3.43. The maximum absolute atomic E-state index is 12.1. The van der Waals surface area contributed by atoms with Crippen LogP contribution >= 0.6 is 0 Å². The van der Waals surface area contributed by atoms with E-state index in [0.29, 0.717) is 11.5 Å². The topological polar surface area (TPSA) is 154 Å². The molecule has 0 atom stereocenters. The van der Waals surface area contributed by atoms with Crippen LogP contribution in [0.2, 0.25) is 0 Å². The first-order valence-corrected chi connectivity index (χ1v) is 10.2. The summed E-state index contributed by atoms with van der Waals surface area (Å²) in [6, 6.07) is 6.02. The van der Waals surface area contributed by atoms with Crippen LogP contribution in [0.3, 0.4) is 0 Å². The highest BCUT2D eigenvalue weighted by Gasteiger charge is 2.16. The molecule has 10 nitrogen and oxygen atoms in total. The number of aromatic nitrogens is 5. The number of H-pyrrole nitrogens is 2. The molecule has 0 aliphatic heterocycles. The van der Waals surface area contributed by atoms with Gasteiger partial charge in [-0.15, -0.1) is 0 Å². The molecule has 1 aromatic carbocycles. The maximum Gasteiger partial charge on any atom is 0.269 e. The van der Waals surface area contributed by atoms with Gasteiger partial charge in [0, 0.05) is 29.9 Å². The second-order valence-electron chi connectivity index (χ2n) is 7.38. The van der Waals surface area contributed by atoms with Crippen LogP contribution in [0.25, 0.3) is 33.5 Å². The fourth-order valence-electron chi connectivity index (χ4n) is 3.48. The summed E-state index contributed by atoms with van der Waals surface area (Å²) < 4.78 is 0. The van der Waals surface area contributed by atoms with Crippen molar-refractivity contribution in [2.24, 2.45) is 5.73 Å². The Balaban J connectivity index is 1.68. The van der Waals surface area contributed by atoms with Crippen molar-refractivity contribution in [3.63, 3.8) is 0 Å². The third kappa shape index (κ3) is 4.21. The number of amides is 2. The molecule has 10 heteroatoms. The van der Waals surface area contributed by atoms with Crippen molar-refractivity contribution in [3.05, 3.63) is 53.6 Å². The molecule has 32 heavy (non-hydrogen) atoms. The number of nitrogens with zero attached hydrogens (tertiary/aromatic N) is 3. The average molecular weight is 432 g/mol. The van der Waals surface area contributed by atoms with Gasteiger partial charge in [-0.2, -0.15) is 5.10 Å². The smallest absolute Gasteiger partial charge is 0.269 e. The highest BCUT2D eigenvalue weighted by molar-refractivity contribution is 5.97. The van der Waals surface area contributed by atoms with E-state index >= 15 is 0 Å². The number of hydrogen-bond acceptors (Lipinski definition) is 6. The molecule has 0 saturated heterocycles. The number of aromatic amines is 2. The Hall–Kier alpha value is -4.05. The fourth-order valence-corrected chi connectivity index (χ4v) is 3.48. The highest BCUT2D eigenvalue weighted by Crippen LogP contribution is 2.31. The summed E-state index contributed by atoms with van der Waals surface area (Å²) in [7, 11) is 0. The molecular formula is C22H24N8O2. The van der Waals surface area contributed by atoms with Gasteiger partial charge in [-0.25, -0.2) is 4.98 Å². The third-order valence-electron chi connectivity index (χ3n) is 5.23. The number of pyridine rings is 1. The molecule has 0 unspecified atom stereocenters. The van der Waals surface area contributed by atoms with Crippen molar-refractivity contribution in [1.82, 2.24) is 35.8 Å². The Bertz CT molecular complexity index is 1290. The van der Waals surface area contributed by atoms with Gasteiger partial charge in [-0.05, 0) is 42.3 Å². The zero-order valence-corrected chi connectivity index (χ0v) is 17.8. The fraction of sp³-hybridized carbons (Fsp3) is 0.227. The van der Waals surface area contributed by atoms with Gasteiger partial charge in [0.2, 0.25) is 5.91 Å². The largest absolute Gasteiger partial charge is 0.368 e. The Labute approximate surface area is 184 Å². The molecule has 4 aromatic rings. The summed E-state index contributed by atoms with van der Waals surface area (Å²) in [5, 5.41) is 14.0. The van der Waals surface area contributed by atoms with Crippen LogP contribution in [-0.2, 0) is 11.3 Å². The number of primary amides is 1. The van der Waals surface area contributed by atoms with E-state index in [9.17, 15) is 9.59 Å². The van der Waals surface area contributed by atoms with Crippen LogP contribution < -0.4 is 16.4 Å². The van der Waals surface area contributed by atoms with Crippen LogP contribution in [0.1, 0.15) is 28.5 Å². The number of benzene rings is 1. The Morgan fingerprint density at radius 1 is 1.19 bits per heavy atom. The maximum atomic E-state index is 12.1. The molecule has 0 fully saturated rings. The first kappa shape index (κ1) is 21.2. The SMILES string of the molecule is CCNCc1cncc(-c2ccc3[nH]nc(-c4ncc(C(=O)NCC(N)=O)[nH]4)c3c2)c1C. The van der Waals surface area contributed by atoms with Crippen LogP contribution in [0.5, 0.6) is 0 Å². The van der Waals surface area contributed by atoms with E-state index in [0.717, 1.165) is 46.2 Å². The van der Waals surface area contributed by atoms with Crippen LogP contribution in [-0.4, -0.2) is 50.1 Å². The monoisotopic (exact) mass is 432 g/mol. The lowest BCUT2D eigenvalue weighted by atomic mass is 9.98. The number of nitrogens with one attached hydrogen (secondary N) is 4. The standard InChI is InChI=1S/C22H24N8O2/c1-3-24-7-14-8-25-9-16(12(14)2)13-4-5-17-15(6-13)20(30-29-17)21-26-10-18(28-21)22(32)27-11-19(23)31/h4-6,8-10,24H,3,7,11H2,1-2H3,(H2,23,31)(H,26,28)(H,27,32)(H,29,30). The van der Waals surface area contributed by atoms with Crippen molar-refractivity contribution in [1.29, 1.82) is 0 Å². The second-order valence-corrected chi connectivity index (χ2v) is 7.38. The molecule has 3 heterocycles. The number of carbonyl (C=O) groups is 2.